The summed E-state index contributed by atoms with van der Waals surface area (Å²) in [4.78, 5) is 1.48. The molecule has 2 unspecified atom stereocenters. The van der Waals surface area contributed by atoms with Crippen LogP contribution < -0.4 is 5.73 Å². The highest BCUT2D eigenvalue weighted by Crippen LogP contribution is 2.27. The lowest BCUT2D eigenvalue weighted by Gasteiger charge is -2.17. The predicted octanol–water partition coefficient (Wildman–Crippen LogP) is 2.76. The van der Waals surface area contributed by atoms with Crippen molar-refractivity contribution in [2.45, 2.75) is 25.3 Å². The van der Waals surface area contributed by atoms with E-state index in [1.807, 2.05) is 11.3 Å². The second-order valence-electron chi connectivity index (χ2n) is 3.91. The van der Waals surface area contributed by atoms with E-state index in [1.54, 1.807) is 0 Å². The molecule has 0 aromatic carbocycles. The summed E-state index contributed by atoms with van der Waals surface area (Å²) in [5.74, 6) is 3.38. The SMILES string of the molecule is NC(CCc1cccs1)C1CCSC1. The van der Waals surface area contributed by atoms with Gasteiger partial charge in [0.25, 0.3) is 0 Å². The van der Waals surface area contributed by atoms with Crippen molar-refractivity contribution in [3.05, 3.63) is 22.4 Å². The number of hydrogen-bond donors (Lipinski definition) is 1. The lowest BCUT2D eigenvalue weighted by Crippen LogP contribution is -2.30. The van der Waals surface area contributed by atoms with Gasteiger partial charge in [-0.2, -0.15) is 11.8 Å². The van der Waals surface area contributed by atoms with Crippen LogP contribution in [-0.4, -0.2) is 17.5 Å². The van der Waals surface area contributed by atoms with E-state index in [1.165, 1.54) is 29.2 Å². The summed E-state index contributed by atoms with van der Waals surface area (Å²) >= 11 is 3.90. The third-order valence-corrected chi connectivity index (χ3v) is 5.00. The zero-order valence-electron chi connectivity index (χ0n) is 8.32. The van der Waals surface area contributed by atoms with Crippen LogP contribution in [0.15, 0.2) is 17.5 Å². The van der Waals surface area contributed by atoms with Crippen molar-refractivity contribution in [2.75, 3.05) is 11.5 Å². The molecule has 0 radical (unpaired) electrons. The Morgan fingerprint density at radius 3 is 3.14 bits per heavy atom. The van der Waals surface area contributed by atoms with E-state index in [0.717, 1.165) is 12.3 Å². The van der Waals surface area contributed by atoms with Crippen LogP contribution in [0.3, 0.4) is 0 Å². The van der Waals surface area contributed by atoms with Crippen LogP contribution in [0.5, 0.6) is 0 Å². The fraction of sp³-hybridized carbons (Fsp3) is 0.636. The van der Waals surface area contributed by atoms with Crippen molar-refractivity contribution in [3.63, 3.8) is 0 Å². The van der Waals surface area contributed by atoms with Gasteiger partial charge in [-0.05, 0) is 48.1 Å². The van der Waals surface area contributed by atoms with Crippen LogP contribution in [0.25, 0.3) is 0 Å². The highest BCUT2D eigenvalue weighted by Gasteiger charge is 2.21. The molecule has 0 amide bonds. The van der Waals surface area contributed by atoms with Gasteiger partial charge in [0.2, 0.25) is 0 Å². The van der Waals surface area contributed by atoms with Crippen molar-refractivity contribution >= 4 is 23.1 Å². The summed E-state index contributed by atoms with van der Waals surface area (Å²) < 4.78 is 0. The zero-order valence-corrected chi connectivity index (χ0v) is 9.95. The maximum Gasteiger partial charge on any atom is 0.00787 e. The average molecular weight is 227 g/mol. The monoisotopic (exact) mass is 227 g/mol. The van der Waals surface area contributed by atoms with Gasteiger partial charge in [-0.15, -0.1) is 11.3 Å². The molecule has 2 atom stereocenters. The fourth-order valence-electron chi connectivity index (χ4n) is 1.89. The first-order chi connectivity index (χ1) is 6.86. The Balaban J connectivity index is 1.74. The summed E-state index contributed by atoms with van der Waals surface area (Å²) in [6, 6.07) is 4.75. The number of thiophene rings is 1. The number of hydrogen-bond acceptors (Lipinski definition) is 3. The first-order valence-corrected chi connectivity index (χ1v) is 7.25. The molecule has 1 fully saturated rings. The van der Waals surface area contributed by atoms with Gasteiger partial charge in [-0.25, -0.2) is 0 Å². The van der Waals surface area contributed by atoms with Gasteiger partial charge < -0.3 is 5.73 Å². The number of nitrogens with two attached hydrogens (primary N) is 1. The Kier molecular flexibility index (Phi) is 3.90. The van der Waals surface area contributed by atoms with Crippen LogP contribution in [0.1, 0.15) is 17.7 Å². The molecule has 1 nitrogen and oxygen atoms in total. The molecule has 1 saturated heterocycles. The summed E-state index contributed by atoms with van der Waals surface area (Å²) in [5.41, 5.74) is 6.19. The van der Waals surface area contributed by atoms with Crippen molar-refractivity contribution in [1.29, 1.82) is 0 Å². The largest absolute Gasteiger partial charge is 0.327 e. The lowest BCUT2D eigenvalue weighted by molar-refractivity contribution is 0.441. The fourth-order valence-corrected chi connectivity index (χ4v) is 3.97. The number of aryl methyl sites for hydroxylation is 1. The molecule has 0 bridgehead atoms. The number of thioether (sulfide) groups is 1. The van der Waals surface area contributed by atoms with E-state index in [2.05, 4.69) is 29.3 Å². The third kappa shape index (κ3) is 2.75. The van der Waals surface area contributed by atoms with E-state index in [-0.39, 0.29) is 0 Å². The molecule has 0 aliphatic carbocycles. The van der Waals surface area contributed by atoms with Crippen molar-refractivity contribution < 1.29 is 0 Å². The van der Waals surface area contributed by atoms with Gasteiger partial charge >= 0.3 is 0 Å². The molecule has 3 heteroatoms. The normalized spacial score (nSPS) is 23.9. The van der Waals surface area contributed by atoms with E-state index < -0.39 is 0 Å². The Morgan fingerprint density at radius 1 is 1.57 bits per heavy atom. The molecule has 0 saturated carbocycles. The molecule has 1 aromatic rings. The molecule has 14 heavy (non-hydrogen) atoms. The van der Waals surface area contributed by atoms with Crippen LogP contribution >= 0.6 is 23.1 Å². The van der Waals surface area contributed by atoms with Crippen molar-refractivity contribution in [2.24, 2.45) is 11.7 Å². The lowest BCUT2D eigenvalue weighted by atomic mass is 9.96. The Hall–Kier alpha value is 0.01000. The second-order valence-corrected chi connectivity index (χ2v) is 6.09. The Morgan fingerprint density at radius 2 is 2.50 bits per heavy atom. The first kappa shape index (κ1) is 10.5. The molecule has 1 aliphatic heterocycles. The van der Waals surface area contributed by atoms with Crippen LogP contribution in [0, 0.1) is 5.92 Å². The minimum Gasteiger partial charge on any atom is -0.327 e. The predicted molar refractivity (Wildman–Crippen MR) is 66.0 cm³/mol. The van der Waals surface area contributed by atoms with E-state index in [0.29, 0.717) is 6.04 Å². The highest BCUT2D eigenvalue weighted by molar-refractivity contribution is 7.99. The average Bonchev–Trinajstić information content (AvgIpc) is 2.87. The second kappa shape index (κ2) is 5.19. The molecule has 2 N–H and O–H groups in total. The molecule has 78 valence electrons. The summed E-state index contributed by atoms with van der Waals surface area (Å²) in [6.07, 6.45) is 3.65. The van der Waals surface area contributed by atoms with E-state index in [9.17, 15) is 0 Å². The van der Waals surface area contributed by atoms with Gasteiger partial charge in [-0.1, -0.05) is 6.07 Å². The molecule has 2 heterocycles. The third-order valence-electron chi connectivity index (χ3n) is 2.87. The maximum atomic E-state index is 6.19. The zero-order chi connectivity index (χ0) is 9.80. The molecular weight excluding hydrogens is 210 g/mol. The summed E-state index contributed by atoms with van der Waals surface area (Å²) in [6.45, 7) is 0. The molecule has 2 rings (SSSR count). The molecule has 1 aromatic heterocycles. The van der Waals surface area contributed by atoms with Crippen LogP contribution in [0.4, 0.5) is 0 Å². The summed E-state index contributed by atoms with van der Waals surface area (Å²) in [5, 5.41) is 2.15. The van der Waals surface area contributed by atoms with Crippen LogP contribution in [-0.2, 0) is 6.42 Å². The minimum absolute atomic E-state index is 0.423. The van der Waals surface area contributed by atoms with Gasteiger partial charge in [0.05, 0.1) is 0 Å². The van der Waals surface area contributed by atoms with Gasteiger partial charge in [-0.3, -0.25) is 0 Å². The topological polar surface area (TPSA) is 26.0 Å². The first-order valence-electron chi connectivity index (χ1n) is 5.22. The van der Waals surface area contributed by atoms with Crippen molar-refractivity contribution in [3.8, 4) is 0 Å². The summed E-state index contributed by atoms with van der Waals surface area (Å²) in [7, 11) is 0. The van der Waals surface area contributed by atoms with E-state index in [4.69, 9.17) is 5.73 Å². The molecule has 0 spiro atoms. The van der Waals surface area contributed by atoms with Gasteiger partial charge in [0, 0.05) is 10.9 Å². The Labute approximate surface area is 94.1 Å². The van der Waals surface area contributed by atoms with Crippen molar-refractivity contribution in [1.82, 2.24) is 0 Å². The van der Waals surface area contributed by atoms with E-state index >= 15 is 0 Å². The number of rotatable bonds is 4. The molecule has 1 aliphatic rings. The quantitative estimate of drug-likeness (QED) is 0.856. The maximum absolute atomic E-state index is 6.19. The van der Waals surface area contributed by atoms with Crippen LogP contribution in [0.2, 0.25) is 0 Å². The highest BCUT2D eigenvalue weighted by atomic mass is 32.2. The van der Waals surface area contributed by atoms with Gasteiger partial charge in [0.1, 0.15) is 0 Å². The van der Waals surface area contributed by atoms with Gasteiger partial charge in [0.15, 0.2) is 0 Å². The molecular formula is C11H17NS2. The Bertz CT molecular complexity index is 252. The smallest absolute Gasteiger partial charge is 0.00787 e. The minimum atomic E-state index is 0.423. The standard InChI is InChI=1S/C11H17NS2/c12-11(9-5-7-13-8-9)4-3-10-2-1-6-14-10/h1-2,6,9,11H,3-5,7-8,12H2.